The summed E-state index contributed by atoms with van der Waals surface area (Å²) in [5.41, 5.74) is 0. The van der Waals surface area contributed by atoms with E-state index in [-0.39, 0.29) is 11.9 Å². The molecule has 0 heterocycles. The quantitative estimate of drug-likeness (QED) is 0.655. The van der Waals surface area contributed by atoms with E-state index in [1.54, 1.807) is 6.08 Å². The first-order valence-corrected chi connectivity index (χ1v) is 8.07. The van der Waals surface area contributed by atoms with Gasteiger partial charge in [-0.25, -0.2) is 0 Å². The van der Waals surface area contributed by atoms with Crippen LogP contribution in [0, 0.1) is 0 Å². The van der Waals surface area contributed by atoms with Crippen molar-refractivity contribution in [2.24, 2.45) is 0 Å². The predicted molar refractivity (Wildman–Crippen MR) is 60.8 cm³/mol. The van der Waals surface area contributed by atoms with Gasteiger partial charge in [0.2, 0.25) is 0 Å². The molecule has 0 N–H and O–H groups in total. The third-order valence-corrected chi connectivity index (χ3v) is 7.90. The van der Waals surface area contributed by atoms with Crippen LogP contribution in [0.1, 0.15) is 27.2 Å². The van der Waals surface area contributed by atoms with Crippen LogP contribution in [0.3, 0.4) is 0 Å². The van der Waals surface area contributed by atoms with Crippen molar-refractivity contribution in [1.29, 1.82) is 0 Å². The average molecular weight is 212 g/mol. The number of ketones is 1. The highest BCUT2D eigenvalue weighted by Crippen LogP contribution is 2.26. The van der Waals surface area contributed by atoms with Gasteiger partial charge in [-0.1, -0.05) is 26.8 Å². The summed E-state index contributed by atoms with van der Waals surface area (Å²) in [6.45, 7) is 6.62. The molecule has 0 aromatic carbocycles. The Balaban J connectivity index is 2.56. The van der Waals surface area contributed by atoms with E-state index in [0.717, 1.165) is 18.1 Å². The molecule has 0 amide bonds. The van der Waals surface area contributed by atoms with Gasteiger partial charge >= 0.3 is 0 Å². The Morgan fingerprint density at radius 1 is 1.36 bits per heavy atom. The van der Waals surface area contributed by atoms with Crippen LogP contribution < -0.4 is 0 Å². The molecule has 0 unspecified atom stereocenters. The van der Waals surface area contributed by atoms with E-state index in [2.05, 4.69) is 20.8 Å². The number of allylic oxidation sites excluding steroid dienone is 1. The first-order chi connectivity index (χ1) is 6.65. The molecule has 0 fully saturated rings. The highest BCUT2D eigenvalue weighted by Gasteiger charge is 2.32. The number of rotatable bonds is 5. The van der Waals surface area contributed by atoms with Crippen LogP contribution in [0.2, 0.25) is 18.1 Å². The fourth-order valence-corrected chi connectivity index (χ4v) is 4.76. The van der Waals surface area contributed by atoms with E-state index in [0.29, 0.717) is 6.42 Å². The largest absolute Gasteiger partial charge is 0.410 e. The molecule has 0 aromatic heterocycles. The number of carbonyl (C=O) groups excluding carboxylic acids is 1. The molecule has 0 bridgehead atoms. The van der Waals surface area contributed by atoms with Crippen LogP contribution in [0.4, 0.5) is 0 Å². The van der Waals surface area contributed by atoms with Crippen molar-refractivity contribution >= 4 is 14.1 Å². The maximum atomic E-state index is 11.1. The Kier molecular flexibility index (Phi) is 4.07. The van der Waals surface area contributed by atoms with Crippen molar-refractivity contribution < 1.29 is 9.22 Å². The molecule has 0 saturated heterocycles. The molecule has 1 atom stereocenters. The summed E-state index contributed by atoms with van der Waals surface area (Å²) in [6.07, 6.45) is 4.22. The lowest BCUT2D eigenvalue weighted by Gasteiger charge is -2.30. The first kappa shape index (κ1) is 11.7. The monoisotopic (exact) mass is 212 g/mol. The van der Waals surface area contributed by atoms with Gasteiger partial charge in [0.05, 0.1) is 6.10 Å². The Morgan fingerprint density at radius 3 is 2.29 bits per heavy atom. The van der Waals surface area contributed by atoms with Crippen LogP contribution in [-0.2, 0) is 9.22 Å². The third-order valence-electron chi connectivity index (χ3n) is 3.23. The summed E-state index contributed by atoms with van der Waals surface area (Å²) in [4.78, 5) is 11.1. The fraction of sp³-hybridized carbons (Fsp3) is 0.727. The first-order valence-electron chi connectivity index (χ1n) is 5.54. The molecular formula is C11H20O2Si. The van der Waals surface area contributed by atoms with E-state index in [1.807, 2.05) is 6.08 Å². The molecule has 14 heavy (non-hydrogen) atoms. The van der Waals surface area contributed by atoms with Gasteiger partial charge in [-0.3, -0.25) is 4.79 Å². The summed E-state index contributed by atoms with van der Waals surface area (Å²) in [7, 11) is -1.52. The van der Waals surface area contributed by atoms with Crippen molar-refractivity contribution in [1.82, 2.24) is 0 Å². The molecule has 1 aliphatic carbocycles. The third kappa shape index (κ3) is 2.55. The second kappa shape index (κ2) is 4.89. The number of hydrogen-bond acceptors (Lipinski definition) is 2. The lowest BCUT2D eigenvalue weighted by Crippen LogP contribution is -2.39. The van der Waals surface area contributed by atoms with Crippen molar-refractivity contribution in [2.75, 3.05) is 0 Å². The maximum absolute atomic E-state index is 11.1. The maximum Gasteiger partial charge on any atom is 0.192 e. The zero-order valence-corrected chi connectivity index (χ0v) is 10.4. The highest BCUT2D eigenvalue weighted by atomic mass is 28.4. The Hall–Kier alpha value is -0.413. The summed E-state index contributed by atoms with van der Waals surface area (Å²) in [5.74, 6) is 0.209. The topological polar surface area (TPSA) is 26.3 Å². The van der Waals surface area contributed by atoms with Gasteiger partial charge in [-0.15, -0.1) is 0 Å². The fourth-order valence-electron chi connectivity index (χ4n) is 1.95. The summed E-state index contributed by atoms with van der Waals surface area (Å²) >= 11 is 0. The van der Waals surface area contributed by atoms with Crippen molar-refractivity contribution in [3.8, 4) is 0 Å². The minimum atomic E-state index is -1.52. The normalized spacial score (nSPS) is 21.9. The van der Waals surface area contributed by atoms with E-state index in [9.17, 15) is 4.79 Å². The van der Waals surface area contributed by atoms with Crippen LogP contribution in [0.25, 0.3) is 0 Å². The molecule has 0 saturated carbocycles. The van der Waals surface area contributed by atoms with Crippen molar-refractivity contribution in [2.45, 2.75) is 51.4 Å². The molecule has 0 aliphatic heterocycles. The zero-order chi connectivity index (χ0) is 10.6. The van der Waals surface area contributed by atoms with Crippen molar-refractivity contribution in [3.05, 3.63) is 12.2 Å². The van der Waals surface area contributed by atoms with Crippen LogP contribution >= 0.6 is 0 Å². The molecule has 3 heteroatoms. The van der Waals surface area contributed by atoms with Crippen LogP contribution in [0.15, 0.2) is 12.2 Å². The van der Waals surface area contributed by atoms with E-state index < -0.39 is 8.32 Å². The van der Waals surface area contributed by atoms with Gasteiger partial charge in [0.1, 0.15) is 0 Å². The summed E-state index contributed by atoms with van der Waals surface area (Å²) in [6, 6.07) is 3.45. The number of hydrogen-bond donors (Lipinski definition) is 0. The average Bonchev–Trinajstić information content (AvgIpc) is 2.61. The molecular weight excluding hydrogens is 192 g/mol. The number of carbonyl (C=O) groups is 1. The second-order valence-electron chi connectivity index (χ2n) is 3.93. The van der Waals surface area contributed by atoms with E-state index >= 15 is 0 Å². The van der Waals surface area contributed by atoms with Crippen LogP contribution in [0.5, 0.6) is 0 Å². The molecule has 1 aliphatic rings. The minimum absolute atomic E-state index is 0.0778. The van der Waals surface area contributed by atoms with Crippen LogP contribution in [-0.4, -0.2) is 20.2 Å². The highest BCUT2D eigenvalue weighted by molar-refractivity contribution is 6.73. The molecule has 2 nitrogen and oxygen atoms in total. The van der Waals surface area contributed by atoms with E-state index in [1.165, 1.54) is 0 Å². The second-order valence-corrected chi connectivity index (χ2v) is 8.65. The lowest BCUT2D eigenvalue weighted by atomic mass is 10.3. The van der Waals surface area contributed by atoms with E-state index in [4.69, 9.17) is 4.43 Å². The predicted octanol–water partition coefficient (Wildman–Crippen LogP) is 2.91. The smallest absolute Gasteiger partial charge is 0.192 e. The van der Waals surface area contributed by atoms with Crippen molar-refractivity contribution in [3.63, 3.8) is 0 Å². The summed E-state index contributed by atoms with van der Waals surface area (Å²) in [5, 5.41) is 0. The molecule has 0 spiro atoms. The Labute approximate surface area is 87.5 Å². The molecule has 0 aromatic rings. The molecule has 80 valence electrons. The standard InChI is InChI=1S/C11H20O2Si/c1-4-14(5-2,6-3)13-11-8-7-10(12)9-11/h7-8,11H,4-6,9H2,1-3H3/t11-/m0/s1. The minimum Gasteiger partial charge on any atom is -0.410 e. The Bertz CT molecular complexity index is 223. The molecule has 0 radical (unpaired) electrons. The van der Waals surface area contributed by atoms with Gasteiger partial charge in [0.15, 0.2) is 14.1 Å². The van der Waals surface area contributed by atoms with Gasteiger partial charge in [-0.2, -0.15) is 0 Å². The van der Waals surface area contributed by atoms with Gasteiger partial charge in [-0.05, 0) is 24.2 Å². The summed E-state index contributed by atoms with van der Waals surface area (Å²) < 4.78 is 6.15. The Morgan fingerprint density at radius 2 is 1.93 bits per heavy atom. The van der Waals surface area contributed by atoms with Gasteiger partial charge in [0, 0.05) is 6.42 Å². The van der Waals surface area contributed by atoms with Gasteiger partial charge in [0.25, 0.3) is 0 Å². The molecule has 1 rings (SSSR count). The SMILES string of the molecule is CC[Si](CC)(CC)O[C@H]1C=CC(=O)C1. The lowest BCUT2D eigenvalue weighted by molar-refractivity contribution is -0.114. The zero-order valence-electron chi connectivity index (χ0n) is 9.38. The van der Waals surface area contributed by atoms with Gasteiger partial charge < -0.3 is 4.43 Å².